The number of aromatic hydroxyl groups is 1. The lowest BCUT2D eigenvalue weighted by Gasteiger charge is -2.55. The molecule has 1 unspecified atom stereocenters. The van der Waals surface area contributed by atoms with Crippen LogP contribution in [0.25, 0.3) is 10.9 Å². The SMILES string of the molecule is C=CCN1CC(=O)N2C(CN(Cc3cccc4c(C(=O)Nc5ccc(N6CCN(C(C)C)CC6)nc5)cn(C)c34)C(=O)[C@@H]2Cc2ccc(O)cc2)N1C(=O)CCc1ccccc1. The number of nitrogens with zero attached hydrogens (tertiary/aromatic N) is 8. The van der Waals surface area contributed by atoms with Gasteiger partial charge in [0, 0.05) is 76.8 Å². The van der Waals surface area contributed by atoms with E-state index in [4.69, 9.17) is 0 Å². The highest BCUT2D eigenvalue weighted by Gasteiger charge is 2.51. The van der Waals surface area contributed by atoms with E-state index in [1.54, 1.807) is 62.6 Å². The minimum Gasteiger partial charge on any atom is -0.508 e. The topological polar surface area (TPSA) is 138 Å². The molecule has 8 rings (SSSR count). The second-order valence-electron chi connectivity index (χ2n) is 16.7. The molecule has 14 heteroatoms. The van der Waals surface area contributed by atoms with Crippen molar-refractivity contribution in [3.8, 4) is 5.75 Å². The van der Waals surface area contributed by atoms with E-state index in [1.165, 1.54) is 0 Å². The number of fused-ring (bicyclic) bond motifs is 2. The van der Waals surface area contributed by atoms with Gasteiger partial charge in [-0.25, -0.2) is 15.0 Å². The number of carbonyl (C=O) groups is 4. The lowest BCUT2D eigenvalue weighted by atomic mass is 9.97. The Balaban J connectivity index is 1.06. The molecule has 5 aromatic rings. The minimum atomic E-state index is -0.917. The van der Waals surface area contributed by atoms with Gasteiger partial charge in [-0.3, -0.25) is 24.1 Å². The molecule has 62 heavy (non-hydrogen) atoms. The first-order valence-electron chi connectivity index (χ1n) is 21.4. The Kier molecular flexibility index (Phi) is 12.4. The Bertz CT molecular complexity index is 2430. The third-order valence-electron chi connectivity index (χ3n) is 12.3. The van der Waals surface area contributed by atoms with Crippen LogP contribution in [-0.2, 0) is 40.8 Å². The van der Waals surface area contributed by atoms with Crippen molar-refractivity contribution in [2.24, 2.45) is 7.05 Å². The minimum absolute atomic E-state index is 0.0753. The quantitative estimate of drug-likeness (QED) is 0.156. The second-order valence-corrected chi connectivity index (χ2v) is 16.7. The summed E-state index contributed by atoms with van der Waals surface area (Å²) in [6.07, 6.45) is 5.29. The largest absolute Gasteiger partial charge is 0.508 e. The van der Waals surface area contributed by atoms with Gasteiger partial charge >= 0.3 is 0 Å². The molecule has 3 aliphatic rings. The van der Waals surface area contributed by atoms with Gasteiger partial charge in [-0.05, 0) is 61.2 Å². The van der Waals surface area contributed by atoms with Crippen molar-refractivity contribution in [3.05, 3.63) is 132 Å². The van der Waals surface area contributed by atoms with E-state index in [-0.39, 0.29) is 68.4 Å². The maximum atomic E-state index is 14.8. The molecule has 2 aromatic heterocycles. The lowest BCUT2D eigenvalue weighted by Crippen LogP contribution is -2.75. The van der Waals surface area contributed by atoms with Gasteiger partial charge in [0.1, 0.15) is 23.8 Å². The van der Waals surface area contributed by atoms with Gasteiger partial charge in [-0.15, -0.1) is 6.58 Å². The second kappa shape index (κ2) is 18.2. The van der Waals surface area contributed by atoms with Crippen LogP contribution in [0.15, 0.2) is 110 Å². The van der Waals surface area contributed by atoms with Gasteiger partial charge in [0.15, 0.2) is 0 Å². The van der Waals surface area contributed by atoms with Crippen molar-refractivity contribution >= 4 is 46.0 Å². The maximum absolute atomic E-state index is 14.8. The van der Waals surface area contributed by atoms with Crippen LogP contribution in [0.5, 0.6) is 5.75 Å². The number of rotatable bonds is 13. The molecule has 0 saturated carbocycles. The van der Waals surface area contributed by atoms with E-state index < -0.39 is 12.2 Å². The van der Waals surface area contributed by atoms with E-state index in [0.717, 1.165) is 59.6 Å². The van der Waals surface area contributed by atoms with Crippen molar-refractivity contribution in [3.63, 3.8) is 0 Å². The Labute approximate surface area is 362 Å². The van der Waals surface area contributed by atoms with E-state index >= 15 is 0 Å². The van der Waals surface area contributed by atoms with Crippen molar-refractivity contribution in [2.45, 2.75) is 57.9 Å². The van der Waals surface area contributed by atoms with Crippen molar-refractivity contribution < 1.29 is 24.3 Å². The molecular formula is C48H55N9O5. The first-order chi connectivity index (χ1) is 30.0. The molecular weight excluding hydrogens is 783 g/mol. The number of aromatic nitrogens is 2. The molecule has 2 N–H and O–H groups in total. The molecule has 0 spiro atoms. The van der Waals surface area contributed by atoms with E-state index in [2.05, 4.69) is 40.5 Å². The number of aryl methyl sites for hydroxylation is 2. The number of phenols is 1. The molecule has 4 amide bonds. The lowest BCUT2D eigenvalue weighted by molar-refractivity contribution is -0.205. The summed E-state index contributed by atoms with van der Waals surface area (Å²) in [4.78, 5) is 69.8. The first-order valence-corrected chi connectivity index (χ1v) is 21.4. The van der Waals surface area contributed by atoms with Crippen LogP contribution < -0.4 is 10.2 Å². The van der Waals surface area contributed by atoms with Crippen LogP contribution in [-0.4, -0.2) is 127 Å². The molecule has 0 radical (unpaired) electrons. The van der Waals surface area contributed by atoms with Crippen LogP contribution in [0.4, 0.5) is 11.5 Å². The predicted molar refractivity (Wildman–Crippen MR) is 239 cm³/mol. The van der Waals surface area contributed by atoms with Gasteiger partial charge in [0.25, 0.3) is 5.91 Å². The first kappa shape index (κ1) is 42.2. The molecule has 3 aromatic carbocycles. The van der Waals surface area contributed by atoms with Gasteiger partial charge in [-0.2, -0.15) is 0 Å². The normalized spacial score (nSPS) is 18.7. The van der Waals surface area contributed by atoms with E-state index in [0.29, 0.717) is 23.7 Å². The Morgan fingerprint density at radius 1 is 0.935 bits per heavy atom. The summed E-state index contributed by atoms with van der Waals surface area (Å²) in [5, 5.41) is 17.2. The fraction of sp³-hybridized carbons (Fsp3) is 0.354. The van der Waals surface area contributed by atoms with Gasteiger partial charge in [0.05, 0.1) is 36.1 Å². The number of hydrogen-bond acceptors (Lipinski definition) is 9. The molecule has 5 heterocycles. The number of carbonyl (C=O) groups excluding carboxylic acids is 4. The summed E-state index contributed by atoms with van der Waals surface area (Å²) in [5.74, 6) is 0.0305. The number of pyridine rings is 1. The molecule has 0 bridgehead atoms. The Morgan fingerprint density at radius 3 is 2.39 bits per heavy atom. The number of amides is 4. The van der Waals surface area contributed by atoms with Gasteiger partial charge < -0.3 is 29.7 Å². The molecule has 322 valence electrons. The molecule has 0 aliphatic carbocycles. The fourth-order valence-corrected chi connectivity index (χ4v) is 9.15. The number of hydrazine groups is 1. The van der Waals surface area contributed by atoms with Crippen molar-refractivity contribution in [1.29, 1.82) is 0 Å². The van der Waals surface area contributed by atoms with Crippen LogP contribution in [0, 0.1) is 0 Å². The number of anilines is 2. The summed E-state index contributed by atoms with van der Waals surface area (Å²) < 4.78 is 1.90. The van der Waals surface area contributed by atoms with Crippen LogP contribution in [0.3, 0.4) is 0 Å². The molecule has 3 fully saturated rings. The highest BCUT2D eigenvalue weighted by atomic mass is 16.3. The summed E-state index contributed by atoms with van der Waals surface area (Å²) in [6, 6.07) is 25.6. The number of phenolic OH excluding ortho intramolecular Hbond substituents is 1. The van der Waals surface area contributed by atoms with Gasteiger partial charge in [0.2, 0.25) is 17.7 Å². The van der Waals surface area contributed by atoms with Crippen LogP contribution >= 0.6 is 0 Å². The highest BCUT2D eigenvalue weighted by Crippen LogP contribution is 2.32. The maximum Gasteiger partial charge on any atom is 0.257 e. The van der Waals surface area contributed by atoms with Crippen molar-refractivity contribution in [1.82, 2.24) is 34.3 Å². The standard InChI is InChI=1S/C48H55N9O5/c1-5-22-55-32-45(60)56-41(27-35-14-18-38(58)19-15-35)48(62)54(31-43(56)57(55)44(59)21-16-34-10-7-6-8-11-34)29-36-12-9-13-39-40(30-51(4)46(36)39)47(61)50-37-17-20-42(49-28-37)53-25-23-52(24-26-53)33(2)3/h5-15,17-20,28,30,33,41,43,58H,1,16,21-27,29,31-32H2,2-4H3,(H,50,61)/t41-,43?/m0/s1. The third-order valence-corrected chi connectivity index (χ3v) is 12.3. The number of nitrogens with one attached hydrogen (secondary N) is 1. The number of hydrogen-bond donors (Lipinski definition) is 2. The van der Waals surface area contributed by atoms with E-state index in [9.17, 15) is 24.3 Å². The Morgan fingerprint density at radius 2 is 1.69 bits per heavy atom. The smallest absolute Gasteiger partial charge is 0.257 e. The zero-order valence-electron chi connectivity index (χ0n) is 35.7. The van der Waals surface area contributed by atoms with Gasteiger partial charge in [-0.1, -0.05) is 66.7 Å². The molecule has 2 atom stereocenters. The van der Waals surface area contributed by atoms with Crippen LogP contribution in [0.2, 0.25) is 0 Å². The fourth-order valence-electron chi connectivity index (χ4n) is 9.15. The Hall–Kier alpha value is -6.51. The monoisotopic (exact) mass is 837 g/mol. The zero-order chi connectivity index (χ0) is 43.5. The summed E-state index contributed by atoms with van der Waals surface area (Å²) >= 11 is 0. The highest BCUT2D eigenvalue weighted by molar-refractivity contribution is 6.13. The summed E-state index contributed by atoms with van der Waals surface area (Å²) in [5.41, 5.74) is 4.46. The summed E-state index contributed by atoms with van der Waals surface area (Å²) in [6.45, 7) is 12.5. The van der Waals surface area contributed by atoms with E-state index in [1.807, 2.05) is 72.3 Å². The number of piperazine rings is 2. The number of para-hydroxylation sites is 1. The third kappa shape index (κ3) is 8.79. The van der Waals surface area contributed by atoms with Crippen LogP contribution in [0.1, 0.15) is 47.3 Å². The molecule has 14 nitrogen and oxygen atoms in total. The molecule has 3 aliphatic heterocycles. The van der Waals surface area contributed by atoms with Crippen molar-refractivity contribution in [2.75, 3.05) is 56.0 Å². The molecule has 3 saturated heterocycles. The average Bonchev–Trinajstić information content (AvgIpc) is 3.62. The average molecular weight is 838 g/mol. The predicted octanol–water partition coefficient (Wildman–Crippen LogP) is 5.05. The number of benzene rings is 3. The summed E-state index contributed by atoms with van der Waals surface area (Å²) in [7, 11) is 1.88. The zero-order valence-corrected chi connectivity index (χ0v) is 35.7.